The number of carbonyl (C=O) groups excluding carboxylic acids is 1. The van der Waals surface area contributed by atoms with Crippen LogP contribution in [0.3, 0.4) is 0 Å². The molecule has 6 heteroatoms. The van der Waals surface area contributed by atoms with E-state index in [4.69, 9.17) is 0 Å². The van der Waals surface area contributed by atoms with E-state index in [1.54, 1.807) is 0 Å². The Bertz CT molecular complexity index is 654. The lowest BCUT2D eigenvalue weighted by Gasteiger charge is -2.17. The summed E-state index contributed by atoms with van der Waals surface area (Å²) >= 11 is 1.44. The Morgan fingerprint density at radius 2 is 1.92 bits per heavy atom. The average molecular weight is 347 g/mol. The third-order valence-electron chi connectivity index (χ3n) is 4.04. The first-order valence-corrected chi connectivity index (χ1v) is 9.38. The molecule has 1 heterocycles. The van der Waals surface area contributed by atoms with E-state index in [0.29, 0.717) is 11.7 Å². The second-order valence-electron chi connectivity index (χ2n) is 6.19. The zero-order valence-corrected chi connectivity index (χ0v) is 15.6. The van der Waals surface area contributed by atoms with Crippen LogP contribution >= 0.6 is 11.8 Å². The lowest BCUT2D eigenvalue weighted by Crippen LogP contribution is -2.37. The SMILES string of the molecule is CCn1c(Cc2ccccc2)nnc1SCC(=O)NC(C)C(C)C. The molecule has 1 unspecified atom stereocenters. The fourth-order valence-electron chi connectivity index (χ4n) is 2.25. The zero-order valence-electron chi connectivity index (χ0n) is 14.8. The van der Waals surface area contributed by atoms with Gasteiger partial charge in [0.05, 0.1) is 5.75 Å². The highest BCUT2D eigenvalue weighted by molar-refractivity contribution is 7.99. The van der Waals surface area contributed by atoms with Crippen molar-refractivity contribution in [1.82, 2.24) is 20.1 Å². The summed E-state index contributed by atoms with van der Waals surface area (Å²) in [5.41, 5.74) is 1.21. The molecule has 5 nitrogen and oxygen atoms in total. The molecule has 24 heavy (non-hydrogen) atoms. The summed E-state index contributed by atoms with van der Waals surface area (Å²) in [5, 5.41) is 12.4. The van der Waals surface area contributed by atoms with E-state index in [9.17, 15) is 4.79 Å². The number of amides is 1. The molecule has 0 saturated heterocycles. The van der Waals surface area contributed by atoms with Gasteiger partial charge >= 0.3 is 0 Å². The predicted octanol–water partition coefficient (Wildman–Crippen LogP) is 3.14. The molecule has 1 aromatic carbocycles. The number of aromatic nitrogens is 3. The smallest absolute Gasteiger partial charge is 0.230 e. The first kappa shape index (κ1) is 18.5. The number of nitrogens with zero attached hydrogens (tertiary/aromatic N) is 3. The molecule has 0 aliphatic carbocycles. The van der Waals surface area contributed by atoms with Crippen molar-refractivity contribution in [3.8, 4) is 0 Å². The molecule has 2 rings (SSSR count). The van der Waals surface area contributed by atoms with Gasteiger partial charge in [0.15, 0.2) is 5.16 Å². The van der Waals surface area contributed by atoms with Crippen LogP contribution in [-0.4, -0.2) is 32.5 Å². The van der Waals surface area contributed by atoms with Crippen molar-refractivity contribution in [3.63, 3.8) is 0 Å². The van der Waals surface area contributed by atoms with Crippen LogP contribution in [0.25, 0.3) is 0 Å². The number of rotatable bonds is 8. The van der Waals surface area contributed by atoms with Crippen molar-refractivity contribution in [2.75, 3.05) is 5.75 Å². The molecule has 0 aliphatic heterocycles. The van der Waals surface area contributed by atoms with Crippen LogP contribution in [0.4, 0.5) is 0 Å². The fourth-order valence-corrected chi connectivity index (χ4v) is 3.08. The molecule has 1 N–H and O–H groups in total. The Labute approximate surface area is 148 Å². The molecule has 1 aromatic heterocycles. The standard InChI is InChI=1S/C18H26N4OS/c1-5-22-16(11-15-9-7-6-8-10-15)20-21-18(22)24-12-17(23)19-14(4)13(2)3/h6-10,13-14H,5,11-12H2,1-4H3,(H,19,23). The summed E-state index contributed by atoms with van der Waals surface area (Å²) in [7, 11) is 0. The van der Waals surface area contributed by atoms with Gasteiger partial charge in [-0.1, -0.05) is 55.9 Å². The van der Waals surface area contributed by atoms with E-state index in [1.165, 1.54) is 17.3 Å². The molecule has 0 aliphatic rings. The molecule has 0 bridgehead atoms. The third-order valence-corrected chi connectivity index (χ3v) is 5.00. The Kier molecular flexibility index (Phi) is 6.85. The van der Waals surface area contributed by atoms with Gasteiger partial charge in [-0.2, -0.15) is 0 Å². The van der Waals surface area contributed by atoms with Gasteiger partial charge < -0.3 is 9.88 Å². The molecule has 1 atom stereocenters. The van der Waals surface area contributed by atoms with Gasteiger partial charge in [0, 0.05) is 19.0 Å². The van der Waals surface area contributed by atoms with Crippen LogP contribution in [-0.2, 0) is 17.8 Å². The van der Waals surface area contributed by atoms with Crippen LogP contribution < -0.4 is 5.32 Å². The Morgan fingerprint density at radius 3 is 2.54 bits per heavy atom. The highest BCUT2D eigenvalue weighted by Gasteiger charge is 2.15. The summed E-state index contributed by atoms with van der Waals surface area (Å²) in [6, 6.07) is 10.4. The summed E-state index contributed by atoms with van der Waals surface area (Å²) in [6.07, 6.45) is 0.749. The molecule has 1 amide bonds. The van der Waals surface area contributed by atoms with E-state index in [0.717, 1.165) is 23.9 Å². The highest BCUT2D eigenvalue weighted by Crippen LogP contribution is 2.18. The summed E-state index contributed by atoms with van der Waals surface area (Å²) in [6.45, 7) is 9.09. The molecule has 2 aromatic rings. The van der Waals surface area contributed by atoms with E-state index >= 15 is 0 Å². The van der Waals surface area contributed by atoms with Crippen LogP contribution in [0, 0.1) is 5.92 Å². The third kappa shape index (κ3) is 5.09. The molecule has 0 fully saturated rings. The minimum absolute atomic E-state index is 0.0384. The molecule has 0 radical (unpaired) electrons. The monoisotopic (exact) mass is 346 g/mol. The number of hydrogen-bond acceptors (Lipinski definition) is 4. The Hall–Kier alpha value is -1.82. The van der Waals surface area contributed by atoms with Crippen molar-refractivity contribution in [2.45, 2.75) is 51.9 Å². The first-order chi connectivity index (χ1) is 11.5. The minimum Gasteiger partial charge on any atom is -0.353 e. The lowest BCUT2D eigenvalue weighted by atomic mass is 10.1. The largest absolute Gasteiger partial charge is 0.353 e. The van der Waals surface area contributed by atoms with Crippen LogP contribution in [0.2, 0.25) is 0 Å². The van der Waals surface area contributed by atoms with Crippen molar-refractivity contribution in [2.24, 2.45) is 5.92 Å². The number of thioether (sulfide) groups is 1. The maximum absolute atomic E-state index is 12.0. The Morgan fingerprint density at radius 1 is 1.21 bits per heavy atom. The molecular formula is C18H26N4OS. The predicted molar refractivity (Wildman–Crippen MR) is 98.1 cm³/mol. The van der Waals surface area contributed by atoms with Gasteiger partial charge in [-0.3, -0.25) is 4.79 Å². The second kappa shape index (κ2) is 8.87. The maximum Gasteiger partial charge on any atom is 0.230 e. The molecular weight excluding hydrogens is 320 g/mol. The fraction of sp³-hybridized carbons (Fsp3) is 0.500. The number of benzene rings is 1. The maximum atomic E-state index is 12.0. The Balaban J connectivity index is 1.97. The van der Waals surface area contributed by atoms with Crippen molar-refractivity contribution in [3.05, 3.63) is 41.7 Å². The highest BCUT2D eigenvalue weighted by atomic mass is 32.2. The average Bonchev–Trinajstić information content (AvgIpc) is 2.95. The zero-order chi connectivity index (χ0) is 17.5. The van der Waals surface area contributed by atoms with Gasteiger partial charge in [0.2, 0.25) is 5.91 Å². The van der Waals surface area contributed by atoms with Crippen LogP contribution in [0.1, 0.15) is 39.1 Å². The number of hydrogen-bond donors (Lipinski definition) is 1. The van der Waals surface area contributed by atoms with E-state index in [2.05, 4.69) is 53.0 Å². The summed E-state index contributed by atoms with van der Waals surface area (Å²) < 4.78 is 2.08. The normalized spacial score (nSPS) is 12.4. The van der Waals surface area contributed by atoms with E-state index in [1.807, 2.05) is 25.1 Å². The number of carbonyl (C=O) groups is 1. The van der Waals surface area contributed by atoms with E-state index in [-0.39, 0.29) is 11.9 Å². The van der Waals surface area contributed by atoms with Gasteiger partial charge in [0.1, 0.15) is 5.82 Å². The van der Waals surface area contributed by atoms with Crippen LogP contribution in [0.15, 0.2) is 35.5 Å². The topological polar surface area (TPSA) is 59.8 Å². The van der Waals surface area contributed by atoms with Gasteiger partial charge in [-0.15, -0.1) is 10.2 Å². The summed E-state index contributed by atoms with van der Waals surface area (Å²) in [5.74, 6) is 1.76. The van der Waals surface area contributed by atoms with E-state index < -0.39 is 0 Å². The minimum atomic E-state index is 0.0384. The molecule has 0 saturated carbocycles. The van der Waals surface area contributed by atoms with Crippen molar-refractivity contribution >= 4 is 17.7 Å². The second-order valence-corrected chi connectivity index (χ2v) is 7.14. The molecule has 0 spiro atoms. The molecule has 130 valence electrons. The van der Waals surface area contributed by atoms with Gasteiger partial charge in [-0.25, -0.2) is 0 Å². The van der Waals surface area contributed by atoms with Gasteiger partial charge in [0.25, 0.3) is 0 Å². The first-order valence-electron chi connectivity index (χ1n) is 8.39. The van der Waals surface area contributed by atoms with Crippen LogP contribution in [0.5, 0.6) is 0 Å². The summed E-state index contributed by atoms with van der Waals surface area (Å²) in [4.78, 5) is 12.0. The number of nitrogens with one attached hydrogen (secondary N) is 1. The van der Waals surface area contributed by atoms with Crippen molar-refractivity contribution < 1.29 is 4.79 Å². The van der Waals surface area contributed by atoms with Gasteiger partial charge in [-0.05, 0) is 25.3 Å². The van der Waals surface area contributed by atoms with Crippen molar-refractivity contribution in [1.29, 1.82) is 0 Å². The lowest BCUT2D eigenvalue weighted by molar-refractivity contribution is -0.119. The quantitative estimate of drug-likeness (QED) is 0.746.